The molecule has 0 spiro atoms. The second-order valence-corrected chi connectivity index (χ2v) is 14.6. The molecule has 0 aliphatic heterocycles. The minimum Gasteiger partial charge on any atom is -0.497 e. The molecule has 0 aromatic heterocycles. The number of aliphatic hydroxyl groups is 1. The van der Waals surface area contributed by atoms with E-state index in [1.807, 2.05) is 88.5 Å². The fraction of sp³-hybridized carbons (Fsp3) is 0.513. The molecule has 2 aliphatic rings. The van der Waals surface area contributed by atoms with E-state index < -0.39 is 29.6 Å². The highest BCUT2D eigenvalue weighted by atomic mass is 16.6. The molecule has 1 N–H and O–H groups in total. The first-order valence-electron chi connectivity index (χ1n) is 16.3. The van der Waals surface area contributed by atoms with Gasteiger partial charge in [-0.3, -0.25) is 9.69 Å². The number of aliphatic hydroxyl groups excluding tert-OH is 1. The molecular formula is C39H51NO5. The fourth-order valence-electron chi connectivity index (χ4n) is 8.24. The van der Waals surface area contributed by atoms with Crippen molar-refractivity contribution in [3.05, 3.63) is 102 Å². The van der Waals surface area contributed by atoms with Crippen LogP contribution in [0, 0.1) is 22.7 Å². The van der Waals surface area contributed by atoms with Crippen LogP contribution in [0.5, 0.6) is 5.75 Å². The molecule has 3 unspecified atom stereocenters. The Kier molecular flexibility index (Phi) is 9.79. The maximum Gasteiger partial charge on any atom is 0.314 e. The third-order valence-electron chi connectivity index (χ3n) is 10.7. The van der Waals surface area contributed by atoms with Gasteiger partial charge < -0.3 is 19.3 Å². The molecule has 3 aromatic carbocycles. The highest BCUT2D eigenvalue weighted by Gasteiger charge is 2.65. The summed E-state index contributed by atoms with van der Waals surface area (Å²) in [4.78, 5) is 16.9. The number of carbonyl (C=O) groups is 1. The fourth-order valence-corrected chi connectivity index (χ4v) is 8.24. The normalized spacial score (nSPS) is 24.3. The summed E-state index contributed by atoms with van der Waals surface area (Å²) in [6, 6.07) is 27.3. The van der Waals surface area contributed by atoms with Crippen LogP contribution in [0.2, 0.25) is 0 Å². The molecule has 2 saturated carbocycles. The quantitative estimate of drug-likeness (QED) is 0.211. The van der Waals surface area contributed by atoms with Crippen LogP contribution >= 0.6 is 0 Å². The average molecular weight is 614 g/mol. The highest BCUT2D eigenvalue weighted by molar-refractivity contribution is 5.75. The lowest BCUT2D eigenvalue weighted by Gasteiger charge is -2.48. The maximum atomic E-state index is 14.5. The van der Waals surface area contributed by atoms with Gasteiger partial charge >= 0.3 is 5.97 Å². The van der Waals surface area contributed by atoms with Crippen molar-refractivity contribution in [2.45, 2.75) is 84.3 Å². The van der Waals surface area contributed by atoms with E-state index in [1.165, 1.54) is 6.42 Å². The van der Waals surface area contributed by atoms with Crippen molar-refractivity contribution in [3.63, 3.8) is 0 Å². The van der Waals surface area contributed by atoms with Crippen molar-refractivity contribution < 1.29 is 24.1 Å². The third-order valence-corrected chi connectivity index (χ3v) is 10.7. The number of benzene rings is 3. The average Bonchev–Trinajstić information content (AvgIpc) is 3.39. The Balaban J connectivity index is 1.71. The van der Waals surface area contributed by atoms with Crippen LogP contribution in [0.15, 0.2) is 84.9 Å². The lowest BCUT2D eigenvalue weighted by Crippen LogP contribution is -2.51. The van der Waals surface area contributed by atoms with E-state index in [1.54, 1.807) is 7.11 Å². The Hall–Kier alpha value is -3.19. The third kappa shape index (κ3) is 6.70. The molecule has 6 atom stereocenters. The zero-order valence-corrected chi connectivity index (χ0v) is 28.0. The van der Waals surface area contributed by atoms with E-state index in [0.717, 1.165) is 29.7 Å². The number of ether oxygens (including phenoxy) is 3. The Morgan fingerprint density at radius 1 is 0.933 bits per heavy atom. The molecule has 2 fully saturated rings. The van der Waals surface area contributed by atoms with Crippen molar-refractivity contribution in [2.75, 3.05) is 20.8 Å². The number of hydrogen-bond donors (Lipinski definition) is 1. The van der Waals surface area contributed by atoms with Crippen molar-refractivity contribution >= 4 is 5.97 Å². The molecule has 6 nitrogen and oxygen atoms in total. The number of hydrogen-bond acceptors (Lipinski definition) is 6. The van der Waals surface area contributed by atoms with Crippen molar-refractivity contribution in [1.29, 1.82) is 0 Å². The Bertz CT molecular complexity index is 1400. The smallest absolute Gasteiger partial charge is 0.314 e. The topological polar surface area (TPSA) is 68.2 Å². The molecule has 0 radical (unpaired) electrons. The molecule has 45 heavy (non-hydrogen) atoms. The van der Waals surface area contributed by atoms with Crippen molar-refractivity contribution in [2.24, 2.45) is 22.7 Å². The van der Waals surface area contributed by atoms with E-state index in [2.05, 4.69) is 43.0 Å². The van der Waals surface area contributed by atoms with Gasteiger partial charge in [0.05, 0.1) is 25.4 Å². The monoisotopic (exact) mass is 613 g/mol. The molecule has 0 amide bonds. The number of carbonyl (C=O) groups excluding carboxylic acids is 1. The van der Waals surface area contributed by atoms with Gasteiger partial charge in [0.15, 0.2) is 0 Å². The SMILES string of the molecule is COc1ccc(C(C(C(=O)OC(C)(C)C)C(O)c2ccccc2)N(Cc2ccccc2)C[C@]23CC[C@H](C[C@H]2OC)C3(C)C)cc1. The van der Waals surface area contributed by atoms with E-state index >= 15 is 0 Å². The van der Waals surface area contributed by atoms with Crippen LogP contribution in [0.1, 0.15) is 82.7 Å². The summed E-state index contributed by atoms with van der Waals surface area (Å²) in [6.45, 7) is 11.7. The van der Waals surface area contributed by atoms with Gasteiger partial charge in [-0.2, -0.15) is 0 Å². The standard InChI is InChI=1S/C39H51NO5/c1-37(2,3)45-36(42)33(35(41)29-16-12-9-13-17-29)34(28-18-20-31(43-6)21-19-28)40(25-27-14-10-8-11-15-27)26-39-23-22-30(38(39,4)5)24-32(39)44-7/h8-21,30,32-35,41H,22-26H2,1-7H3/t30-,32-,33?,34?,35?,39-/m1/s1. The second kappa shape index (κ2) is 13.3. The van der Waals surface area contributed by atoms with Gasteiger partial charge in [-0.05, 0) is 80.2 Å². The predicted molar refractivity (Wildman–Crippen MR) is 178 cm³/mol. The molecule has 242 valence electrons. The minimum absolute atomic E-state index is 0.0481. The zero-order chi connectivity index (χ0) is 32.4. The first kappa shape index (κ1) is 33.2. The molecule has 2 bridgehead atoms. The first-order chi connectivity index (χ1) is 21.4. The maximum absolute atomic E-state index is 14.5. The second-order valence-electron chi connectivity index (χ2n) is 14.6. The van der Waals surface area contributed by atoms with Gasteiger partial charge in [0.25, 0.3) is 0 Å². The summed E-state index contributed by atoms with van der Waals surface area (Å²) in [5.41, 5.74) is 1.94. The molecule has 0 saturated heterocycles. The van der Waals surface area contributed by atoms with Gasteiger partial charge in [0.1, 0.15) is 17.3 Å². The van der Waals surface area contributed by atoms with Crippen molar-refractivity contribution in [3.8, 4) is 5.75 Å². The molecule has 3 aromatic rings. The first-order valence-corrected chi connectivity index (χ1v) is 16.3. The molecule has 6 heteroatoms. The summed E-state index contributed by atoms with van der Waals surface area (Å²) < 4.78 is 17.9. The summed E-state index contributed by atoms with van der Waals surface area (Å²) in [7, 11) is 3.49. The van der Waals surface area contributed by atoms with E-state index in [-0.39, 0.29) is 16.9 Å². The Morgan fingerprint density at radius 3 is 2.11 bits per heavy atom. The van der Waals surface area contributed by atoms with Crippen LogP contribution in [0.25, 0.3) is 0 Å². The van der Waals surface area contributed by atoms with Gasteiger partial charge in [0, 0.05) is 25.6 Å². The summed E-state index contributed by atoms with van der Waals surface area (Å²) in [6.07, 6.45) is 2.27. The minimum atomic E-state index is -1.10. The molecule has 0 heterocycles. The van der Waals surface area contributed by atoms with Gasteiger partial charge in [-0.25, -0.2) is 0 Å². The number of fused-ring (bicyclic) bond motifs is 2. The van der Waals surface area contributed by atoms with Crippen LogP contribution in [0.4, 0.5) is 0 Å². The number of esters is 1. The lowest BCUT2D eigenvalue weighted by molar-refractivity contribution is -0.170. The van der Waals surface area contributed by atoms with Gasteiger partial charge in [-0.1, -0.05) is 86.6 Å². The van der Waals surface area contributed by atoms with Crippen LogP contribution < -0.4 is 4.74 Å². The Labute approximate surface area is 269 Å². The lowest BCUT2D eigenvalue weighted by atomic mass is 9.67. The van der Waals surface area contributed by atoms with Crippen LogP contribution in [-0.2, 0) is 20.8 Å². The van der Waals surface area contributed by atoms with E-state index in [9.17, 15) is 9.90 Å². The zero-order valence-electron chi connectivity index (χ0n) is 28.0. The van der Waals surface area contributed by atoms with Crippen LogP contribution in [0.3, 0.4) is 0 Å². The van der Waals surface area contributed by atoms with E-state index in [4.69, 9.17) is 14.2 Å². The molecule has 2 aliphatic carbocycles. The van der Waals surface area contributed by atoms with Crippen LogP contribution in [-0.4, -0.2) is 48.4 Å². The number of methoxy groups -OCH3 is 2. The predicted octanol–water partition coefficient (Wildman–Crippen LogP) is 7.77. The molecular weight excluding hydrogens is 562 g/mol. The van der Waals surface area contributed by atoms with E-state index in [0.29, 0.717) is 24.6 Å². The highest BCUT2D eigenvalue weighted by Crippen LogP contribution is 2.67. The number of rotatable bonds is 12. The van der Waals surface area contributed by atoms with Gasteiger partial charge in [0.2, 0.25) is 0 Å². The Morgan fingerprint density at radius 2 is 1.56 bits per heavy atom. The largest absolute Gasteiger partial charge is 0.497 e. The number of nitrogens with zero attached hydrogens (tertiary/aromatic N) is 1. The van der Waals surface area contributed by atoms with Gasteiger partial charge in [-0.15, -0.1) is 0 Å². The summed E-state index contributed by atoms with van der Waals surface area (Å²) in [5.74, 6) is -0.0218. The van der Waals surface area contributed by atoms with Crippen molar-refractivity contribution in [1.82, 2.24) is 4.90 Å². The summed E-state index contributed by atoms with van der Waals surface area (Å²) >= 11 is 0. The molecule has 5 rings (SSSR count). The summed E-state index contributed by atoms with van der Waals surface area (Å²) in [5, 5.41) is 12.2.